The van der Waals surface area contributed by atoms with Crippen molar-refractivity contribution >= 4 is 5.97 Å². The van der Waals surface area contributed by atoms with Gasteiger partial charge in [0.05, 0.1) is 13.5 Å². The first-order chi connectivity index (χ1) is 15.1. The molecule has 0 saturated carbocycles. The minimum absolute atomic E-state index is 0.00184. The number of esters is 1. The molecule has 0 aliphatic carbocycles. The third-order valence-electron chi connectivity index (χ3n) is 5.70. The van der Waals surface area contributed by atoms with Gasteiger partial charge in [0.15, 0.2) is 0 Å². The molecule has 3 aromatic rings. The van der Waals surface area contributed by atoms with Crippen LogP contribution >= 0.6 is 0 Å². The van der Waals surface area contributed by atoms with Gasteiger partial charge in [-0.15, -0.1) is 0 Å². The quantitative estimate of drug-likeness (QED) is 0.467. The van der Waals surface area contributed by atoms with E-state index in [0.717, 1.165) is 17.7 Å². The summed E-state index contributed by atoms with van der Waals surface area (Å²) in [4.78, 5) is 14.2. The Morgan fingerprint density at radius 1 is 0.903 bits per heavy atom. The molecule has 0 aromatic heterocycles. The van der Waals surface area contributed by atoms with E-state index in [1.807, 2.05) is 24.3 Å². The van der Waals surface area contributed by atoms with Crippen molar-refractivity contribution in [1.82, 2.24) is 4.90 Å². The van der Waals surface area contributed by atoms with Gasteiger partial charge in [-0.2, -0.15) is 0 Å². The Morgan fingerprint density at radius 3 is 2.16 bits per heavy atom. The number of nitrogens with zero attached hydrogens (tertiary/aromatic N) is 1. The van der Waals surface area contributed by atoms with E-state index in [4.69, 9.17) is 4.74 Å². The van der Waals surface area contributed by atoms with Crippen LogP contribution in [0.25, 0.3) is 0 Å². The predicted molar refractivity (Wildman–Crippen MR) is 123 cm³/mol. The maximum atomic E-state index is 11.8. The van der Waals surface area contributed by atoms with Gasteiger partial charge in [-0.1, -0.05) is 84.9 Å². The zero-order valence-electron chi connectivity index (χ0n) is 18.3. The lowest BCUT2D eigenvalue weighted by atomic mass is 9.95. The molecule has 0 fully saturated rings. The number of hydrogen-bond acceptors (Lipinski definition) is 4. The Morgan fingerprint density at radius 2 is 1.52 bits per heavy atom. The molecule has 0 saturated heterocycles. The standard InChI is InChI=1S/C27H31NO3/c1-21(24-13-7-4-8-14-24)28(20-22-10-5-3-6-11-22)26(16-17-29)25-15-9-12-23(18-25)19-27(30)31-2/h3-15,18,21,26,29H,16-17,19-20H2,1-2H3/t21-,26+/m0/s1. The monoisotopic (exact) mass is 417 g/mol. The van der Waals surface area contributed by atoms with Gasteiger partial charge in [0.1, 0.15) is 0 Å². The average molecular weight is 418 g/mol. The molecule has 4 nitrogen and oxygen atoms in total. The highest BCUT2D eigenvalue weighted by atomic mass is 16.5. The van der Waals surface area contributed by atoms with Gasteiger partial charge in [0, 0.05) is 25.2 Å². The fraction of sp³-hybridized carbons (Fsp3) is 0.296. The largest absolute Gasteiger partial charge is 0.469 e. The lowest BCUT2D eigenvalue weighted by Gasteiger charge is -2.37. The minimum Gasteiger partial charge on any atom is -0.469 e. The summed E-state index contributed by atoms with van der Waals surface area (Å²) < 4.78 is 4.84. The van der Waals surface area contributed by atoms with Crippen LogP contribution in [0.4, 0.5) is 0 Å². The molecule has 0 aliphatic heterocycles. The molecule has 3 aromatic carbocycles. The van der Waals surface area contributed by atoms with E-state index in [-0.39, 0.29) is 31.1 Å². The average Bonchev–Trinajstić information content (AvgIpc) is 2.82. The number of rotatable bonds is 10. The number of aliphatic hydroxyl groups is 1. The van der Waals surface area contributed by atoms with E-state index in [2.05, 4.69) is 72.5 Å². The lowest BCUT2D eigenvalue weighted by molar-refractivity contribution is -0.139. The Balaban J connectivity index is 1.98. The van der Waals surface area contributed by atoms with Crippen LogP contribution in [0.15, 0.2) is 84.9 Å². The molecule has 0 radical (unpaired) electrons. The Hall–Kier alpha value is -2.95. The molecule has 0 amide bonds. The van der Waals surface area contributed by atoms with Crippen molar-refractivity contribution in [1.29, 1.82) is 0 Å². The lowest BCUT2D eigenvalue weighted by Crippen LogP contribution is -2.32. The van der Waals surface area contributed by atoms with E-state index >= 15 is 0 Å². The van der Waals surface area contributed by atoms with Crippen molar-refractivity contribution in [3.63, 3.8) is 0 Å². The molecule has 0 bridgehead atoms. The third-order valence-corrected chi connectivity index (χ3v) is 5.70. The summed E-state index contributed by atoms with van der Waals surface area (Å²) in [5.74, 6) is -0.255. The smallest absolute Gasteiger partial charge is 0.309 e. The van der Waals surface area contributed by atoms with Crippen molar-refractivity contribution in [2.45, 2.75) is 38.4 Å². The Kier molecular flexibility index (Phi) is 8.39. The highest BCUT2D eigenvalue weighted by Gasteiger charge is 2.26. The van der Waals surface area contributed by atoms with Gasteiger partial charge in [-0.05, 0) is 35.6 Å². The van der Waals surface area contributed by atoms with Crippen molar-refractivity contribution in [3.8, 4) is 0 Å². The van der Waals surface area contributed by atoms with Gasteiger partial charge in [-0.3, -0.25) is 9.69 Å². The molecule has 4 heteroatoms. The number of aliphatic hydroxyl groups excluding tert-OH is 1. The van der Waals surface area contributed by atoms with Crippen molar-refractivity contribution in [2.75, 3.05) is 13.7 Å². The van der Waals surface area contributed by atoms with Gasteiger partial charge < -0.3 is 9.84 Å². The molecule has 0 spiro atoms. The highest BCUT2D eigenvalue weighted by molar-refractivity contribution is 5.72. The van der Waals surface area contributed by atoms with E-state index in [0.29, 0.717) is 6.42 Å². The molecule has 3 rings (SSSR count). The van der Waals surface area contributed by atoms with Gasteiger partial charge in [0.2, 0.25) is 0 Å². The first-order valence-electron chi connectivity index (χ1n) is 10.7. The second-order valence-electron chi connectivity index (χ2n) is 7.77. The molecule has 0 heterocycles. The molecule has 162 valence electrons. The SMILES string of the molecule is COC(=O)Cc1cccc([C@@H](CCO)N(Cc2ccccc2)[C@@H](C)c2ccccc2)c1. The molecular weight excluding hydrogens is 386 g/mol. The topological polar surface area (TPSA) is 49.8 Å². The molecule has 0 unspecified atom stereocenters. The molecule has 0 aliphatic rings. The molecule has 1 N–H and O–H groups in total. The summed E-state index contributed by atoms with van der Waals surface area (Å²) in [6.07, 6.45) is 0.842. The normalized spacial score (nSPS) is 13.0. The summed E-state index contributed by atoms with van der Waals surface area (Å²) in [6, 6.07) is 29.0. The van der Waals surface area contributed by atoms with Crippen LogP contribution in [0.3, 0.4) is 0 Å². The van der Waals surface area contributed by atoms with Crippen LogP contribution in [0, 0.1) is 0 Å². The number of carbonyl (C=O) groups is 1. The van der Waals surface area contributed by atoms with Crippen LogP contribution in [0.2, 0.25) is 0 Å². The van der Waals surface area contributed by atoms with Crippen molar-refractivity contribution in [3.05, 3.63) is 107 Å². The fourth-order valence-electron chi connectivity index (χ4n) is 4.03. The number of benzene rings is 3. The van der Waals surface area contributed by atoms with Crippen LogP contribution in [0.5, 0.6) is 0 Å². The number of methoxy groups -OCH3 is 1. The molecule has 31 heavy (non-hydrogen) atoms. The third kappa shape index (κ3) is 6.27. The van der Waals surface area contributed by atoms with Gasteiger partial charge in [-0.25, -0.2) is 0 Å². The maximum Gasteiger partial charge on any atom is 0.309 e. The summed E-state index contributed by atoms with van der Waals surface area (Å²) in [5.41, 5.74) is 4.46. The minimum atomic E-state index is -0.255. The van der Waals surface area contributed by atoms with Crippen LogP contribution in [-0.2, 0) is 22.5 Å². The molecule has 2 atom stereocenters. The van der Waals surface area contributed by atoms with Crippen molar-refractivity contribution in [2.24, 2.45) is 0 Å². The van der Waals surface area contributed by atoms with E-state index in [9.17, 15) is 9.90 Å². The van der Waals surface area contributed by atoms with Crippen LogP contribution < -0.4 is 0 Å². The zero-order valence-corrected chi connectivity index (χ0v) is 18.3. The maximum absolute atomic E-state index is 11.8. The Labute approximate surface area is 185 Å². The van der Waals surface area contributed by atoms with Crippen LogP contribution in [-0.4, -0.2) is 29.7 Å². The summed E-state index contributed by atoms with van der Waals surface area (Å²) in [5, 5.41) is 9.92. The van der Waals surface area contributed by atoms with Gasteiger partial charge >= 0.3 is 5.97 Å². The summed E-state index contributed by atoms with van der Waals surface area (Å²) in [6.45, 7) is 3.04. The second kappa shape index (κ2) is 11.4. The zero-order chi connectivity index (χ0) is 22.1. The van der Waals surface area contributed by atoms with E-state index in [1.54, 1.807) is 0 Å². The number of carbonyl (C=O) groups excluding carboxylic acids is 1. The number of hydrogen-bond donors (Lipinski definition) is 1. The van der Waals surface area contributed by atoms with E-state index < -0.39 is 0 Å². The Bertz CT molecular complexity index is 943. The van der Waals surface area contributed by atoms with Crippen molar-refractivity contribution < 1.29 is 14.6 Å². The summed E-state index contributed by atoms with van der Waals surface area (Å²) >= 11 is 0. The number of ether oxygens (including phenoxy) is 1. The predicted octanol–water partition coefficient (Wildman–Crippen LogP) is 5.09. The van der Waals surface area contributed by atoms with Crippen LogP contribution in [0.1, 0.15) is 47.7 Å². The molecular formula is C27H31NO3. The highest BCUT2D eigenvalue weighted by Crippen LogP contribution is 2.34. The first-order valence-corrected chi connectivity index (χ1v) is 10.7. The van der Waals surface area contributed by atoms with E-state index in [1.165, 1.54) is 18.2 Å². The summed E-state index contributed by atoms with van der Waals surface area (Å²) in [7, 11) is 1.41. The van der Waals surface area contributed by atoms with Gasteiger partial charge in [0.25, 0.3) is 0 Å². The fourth-order valence-corrected chi connectivity index (χ4v) is 4.03. The second-order valence-corrected chi connectivity index (χ2v) is 7.77. The first kappa shape index (κ1) is 22.7.